The second-order valence-corrected chi connectivity index (χ2v) is 7.55. The lowest BCUT2D eigenvalue weighted by Gasteiger charge is -2.37. The van der Waals surface area contributed by atoms with E-state index in [9.17, 15) is 9.59 Å². The lowest BCUT2D eigenvalue weighted by atomic mass is 9.84. The number of fused-ring (bicyclic) bond motifs is 3. The SMILES string of the molecule is O=C1C[C@@]2(CC[C@@H]3[C@@H](C(=O)N4CCCC4)[C@@H]32)Oc2ccccc21. The predicted octanol–water partition coefficient (Wildman–Crippen LogP) is 2.67. The van der Waals surface area contributed by atoms with Gasteiger partial charge in [-0.05, 0) is 43.7 Å². The van der Waals surface area contributed by atoms with Crippen molar-refractivity contribution >= 4 is 11.7 Å². The molecule has 2 aliphatic heterocycles. The largest absolute Gasteiger partial charge is 0.486 e. The van der Waals surface area contributed by atoms with Crippen LogP contribution >= 0.6 is 0 Å². The Balaban J connectivity index is 1.42. The van der Waals surface area contributed by atoms with E-state index in [4.69, 9.17) is 4.74 Å². The van der Waals surface area contributed by atoms with Gasteiger partial charge >= 0.3 is 0 Å². The number of likely N-dealkylation sites (tertiary alicyclic amines) is 1. The molecule has 0 radical (unpaired) electrons. The first-order valence-corrected chi connectivity index (χ1v) is 8.80. The number of rotatable bonds is 1. The average Bonchev–Trinajstić information content (AvgIpc) is 2.89. The first-order valence-electron chi connectivity index (χ1n) is 8.80. The van der Waals surface area contributed by atoms with E-state index in [1.54, 1.807) is 0 Å². The van der Waals surface area contributed by atoms with E-state index in [1.807, 2.05) is 29.2 Å². The van der Waals surface area contributed by atoms with Crippen LogP contribution in [-0.2, 0) is 4.79 Å². The van der Waals surface area contributed by atoms with Gasteiger partial charge in [0.25, 0.3) is 0 Å². The molecule has 3 fully saturated rings. The molecule has 1 amide bonds. The number of Topliss-reactive ketones (excluding diaryl/α,β-unsaturated/α-hetero) is 1. The number of ketones is 1. The highest BCUT2D eigenvalue weighted by Gasteiger charge is 2.71. The zero-order chi connectivity index (χ0) is 15.6. The summed E-state index contributed by atoms with van der Waals surface area (Å²) < 4.78 is 6.36. The Kier molecular flexibility index (Phi) is 2.71. The minimum atomic E-state index is -0.420. The fourth-order valence-corrected chi connectivity index (χ4v) is 5.25. The normalized spacial score (nSPS) is 37.5. The Labute approximate surface area is 135 Å². The zero-order valence-corrected chi connectivity index (χ0v) is 13.2. The third kappa shape index (κ3) is 1.84. The Morgan fingerprint density at radius 3 is 2.83 bits per heavy atom. The van der Waals surface area contributed by atoms with Crippen molar-refractivity contribution in [1.82, 2.24) is 4.90 Å². The summed E-state index contributed by atoms with van der Waals surface area (Å²) in [6.45, 7) is 1.81. The molecule has 2 heterocycles. The molecule has 2 aliphatic carbocycles. The summed E-state index contributed by atoms with van der Waals surface area (Å²) in [4.78, 5) is 27.4. The number of carbonyl (C=O) groups is 2. The van der Waals surface area contributed by atoms with Gasteiger partial charge in [0, 0.05) is 24.9 Å². The zero-order valence-electron chi connectivity index (χ0n) is 13.2. The Bertz CT molecular complexity index is 694. The Hall–Kier alpha value is -1.84. The van der Waals surface area contributed by atoms with Crippen molar-refractivity contribution in [2.24, 2.45) is 17.8 Å². The molecule has 0 unspecified atom stereocenters. The third-order valence-corrected chi connectivity index (χ3v) is 6.34. The highest BCUT2D eigenvalue weighted by molar-refractivity contribution is 6.00. The molecule has 1 saturated heterocycles. The summed E-state index contributed by atoms with van der Waals surface area (Å²) in [5, 5.41) is 0. The number of hydrogen-bond donors (Lipinski definition) is 0. The van der Waals surface area contributed by atoms with Gasteiger partial charge in [-0.25, -0.2) is 0 Å². The number of nitrogens with zero attached hydrogens (tertiary/aromatic N) is 1. The molecule has 0 aromatic heterocycles. The van der Waals surface area contributed by atoms with E-state index in [1.165, 1.54) is 0 Å². The topological polar surface area (TPSA) is 46.6 Å². The number of hydrogen-bond acceptors (Lipinski definition) is 3. The molecular formula is C19H21NO3. The Morgan fingerprint density at radius 2 is 2.00 bits per heavy atom. The van der Waals surface area contributed by atoms with Crippen molar-refractivity contribution in [3.05, 3.63) is 29.8 Å². The highest BCUT2D eigenvalue weighted by Crippen LogP contribution is 2.66. The number of para-hydroxylation sites is 1. The summed E-state index contributed by atoms with van der Waals surface area (Å²) in [6.07, 6.45) is 4.62. The van der Waals surface area contributed by atoms with Crippen LogP contribution in [-0.4, -0.2) is 35.3 Å². The minimum Gasteiger partial charge on any atom is -0.486 e. The number of ether oxygens (including phenoxy) is 1. The molecule has 4 aliphatic rings. The molecule has 0 bridgehead atoms. The van der Waals surface area contributed by atoms with Crippen molar-refractivity contribution < 1.29 is 14.3 Å². The molecule has 1 aromatic rings. The van der Waals surface area contributed by atoms with Crippen LogP contribution < -0.4 is 4.74 Å². The van der Waals surface area contributed by atoms with Gasteiger partial charge in [-0.3, -0.25) is 9.59 Å². The fraction of sp³-hybridized carbons (Fsp3) is 0.579. The molecule has 4 nitrogen and oxygen atoms in total. The molecule has 23 heavy (non-hydrogen) atoms. The van der Waals surface area contributed by atoms with Crippen LogP contribution in [0.4, 0.5) is 0 Å². The van der Waals surface area contributed by atoms with Gasteiger partial charge in [0.05, 0.1) is 12.0 Å². The second kappa shape index (κ2) is 4.59. The van der Waals surface area contributed by atoms with E-state index in [0.717, 1.165) is 38.8 Å². The molecule has 4 atom stereocenters. The highest BCUT2D eigenvalue weighted by atomic mass is 16.5. The van der Waals surface area contributed by atoms with Crippen molar-refractivity contribution in [3.8, 4) is 5.75 Å². The Morgan fingerprint density at radius 1 is 1.22 bits per heavy atom. The van der Waals surface area contributed by atoms with Gasteiger partial charge in [-0.1, -0.05) is 12.1 Å². The van der Waals surface area contributed by atoms with Crippen LogP contribution in [0.1, 0.15) is 42.5 Å². The summed E-state index contributed by atoms with van der Waals surface area (Å²) in [7, 11) is 0. The molecule has 0 N–H and O–H groups in total. The van der Waals surface area contributed by atoms with Crippen molar-refractivity contribution in [1.29, 1.82) is 0 Å². The van der Waals surface area contributed by atoms with Crippen LogP contribution in [0.3, 0.4) is 0 Å². The second-order valence-electron chi connectivity index (χ2n) is 7.55. The van der Waals surface area contributed by atoms with Crippen LogP contribution in [0.5, 0.6) is 5.75 Å². The summed E-state index contributed by atoms with van der Waals surface area (Å²) >= 11 is 0. The van der Waals surface area contributed by atoms with Crippen molar-refractivity contribution in [3.63, 3.8) is 0 Å². The third-order valence-electron chi connectivity index (χ3n) is 6.34. The number of benzene rings is 1. The van der Waals surface area contributed by atoms with Crippen LogP contribution in [0.15, 0.2) is 24.3 Å². The smallest absolute Gasteiger partial charge is 0.226 e. The van der Waals surface area contributed by atoms with Crippen LogP contribution in [0.2, 0.25) is 0 Å². The van der Waals surface area contributed by atoms with Gasteiger partial charge in [0.1, 0.15) is 11.4 Å². The van der Waals surface area contributed by atoms with E-state index in [-0.39, 0.29) is 17.6 Å². The van der Waals surface area contributed by atoms with Gasteiger partial charge in [0.2, 0.25) is 5.91 Å². The minimum absolute atomic E-state index is 0.0971. The standard InChI is InChI=1S/C19H21NO3/c21-14-11-19(23-15-6-2-1-5-12(14)15)8-7-13-16(17(13)19)18(22)20-9-3-4-10-20/h1-2,5-6,13,16-17H,3-4,7-11H2/t13-,16-,17-,19-/m1/s1. The van der Waals surface area contributed by atoms with Crippen LogP contribution in [0.25, 0.3) is 0 Å². The molecule has 1 spiro atoms. The quantitative estimate of drug-likeness (QED) is 0.801. The van der Waals surface area contributed by atoms with E-state index in [2.05, 4.69) is 0 Å². The molecule has 120 valence electrons. The van der Waals surface area contributed by atoms with Gasteiger partial charge < -0.3 is 9.64 Å². The summed E-state index contributed by atoms with van der Waals surface area (Å²) in [6, 6.07) is 7.53. The van der Waals surface area contributed by atoms with Crippen molar-refractivity contribution in [2.75, 3.05) is 13.1 Å². The molecular weight excluding hydrogens is 290 g/mol. The lowest BCUT2D eigenvalue weighted by Crippen LogP contribution is -2.44. The lowest BCUT2D eigenvalue weighted by molar-refractivity contribution is -0.133. The average molecular weight is 311 g/mol. The first-order chi connectivity index (χ1) is 11.2. The first kappa shape index (κ1) is 13.6. The van der Waals surface area contributed by atoms with E-state index < -0.39 is 5.60 Å². The van der Waals surface area contributed by atoms with E-state index in [0.29, 0.717) is 29.6 Å². The number of amides is 1. The summed E-state index contributed by atoms with van der Waals surface area (Å²) in [5.41, 5.74) is 0.278. The van der Waals surface area contributed by atoms with Crippen LogP contribution in [0, 0.1) is 17.8 Å². The summed E-state index contributed by atoms with van der Waals surface area (Å²) in [5.74, 6) is 1.97. The van der Waals surface area contributed by atoms with Crippen molar-refractivity contribution in [2.45, 2.75) is 37.7 Å². The molecule has 4 heteroatoms. The van der Waals surface area contributed by atoms with Gasteiger partial charge in [-0.2, -0.15) is 0 Å². The van der Waals surface area contributed by atoms with Gasteiger partial charge in [0.15, 0.2) is 5.78 Å². The predicted molar refractivity (Wildman–Crippen MR) is 84.3 cm³/mol. The van der Waals surface area contributed by atoms with E-state index >= 15 is 0 Å². The maximum absolute atomic E-state index is 12.8. The molecule has 1 aromatic carbocycles. The number of carbonyl (C=O) groups excluding carboxylic acids is 2. The molecule has 5 rings (SSSR count). The fourth-order valence-electron chi connectivity index (χ4n) is 5.25. The molecule has 2 saturated carbocycles. The maximum atomic E-state index is 12.8. The maximum Gasteiger partial charge on any atom is 0.226 e. The monoisotopic (exact) mass is 311 g/mol. The van der Waals surface area contributed by atoms with Gasteiger partial charge in [-0.15, -0.1) is 0 Å².